The van der Waals surface area contributed by atoms with Crippen molar-refractivity contribution >= 4 is 23.4 Å². The maximum Gasteiger partial charge on any atom is 0.471 e. The van der Waals surface area contributed by atoms with Gasteiger partial charge in [0.2, 0.25) is 11.8 Å². The minimum Gasteiger partial charge on any atom is -0.336 e. The topological polar surface area (TPSA) is 132 Å². The maximum absolute atomic E-state index is 13.6. The molecule has 2 fully saturated rings. The standard InChI is InChI=1S/C24H28F3N7O3/c1-22(2,3)18(32-21(37)24(25,26)27)20(36)34-11-12-16(23(12,4)5)17(34)19(35)31-13(8-28)14-9-30-15-10-29-6-7-33(14)15/h6-7,9-10,12-13,16-18H,11H2,1-5H3,(H,31,35)(H,32,37)/t12-,13?,16-,17-,18?/m0/s1. The van der Waals surface area contributed by atoms with Crippen LogP contribution in [0.3, 0.4) is 0 Å². The molecule has 37 heavy (non-hydrogen) atoms. The number of halogens is 3. The molecule has 198 valence electrons. The number of hydrogen-bond acceptors (Lipinski definition) is 6. The third kappa shape index (κ3) is 4.60. The number of nitrogens with zero attached hydrogens (tertiary/aromatic N) is 5. The Hall–Kier alpha value is -3.69. The Morgan fingerprint density at radius 2 is 1.86 bits per heavy atom. The molecule has 0 bridgehead atoms. The lowest BCUT2D eigenvalue weighted by atomic mass is 9.85. The maximum atomic E-state index is 13.6. The molecule has 10 nitrogen and oxygen atoms in total. The molecular formula is C24H28F3N7O3. The summed E-state index contributed by atoms with van der Waals surface area (Å²) < 4.78 is 40.6. The van der Waals surface area contributed by atoms with E-state index >= 15 is 0 Å². The van der Waals surface area contributed by atoms with Crippen LogP contribution in [0.25, 0.3) is 5.65 Å². The monoisotopic (exact) mass is 519 g/mol. The van der Waals surface area contributed by atoms with Crippen molar-refractivity contribution in [2.75, 3.05) is 6.54 Å². The predicted octanol–water partition coefficient (Wildman–Crippen LogP) is 1.99. The molecule has 3 amide bonds. The van der Waals surface area contributed by atoms with Gasteiger partial charge >= 0.3 is 12.1 Å². The van der Waals surface area contributed by atoms with E-state index in [1.807, 2.05) is 25.2 Å². The lowest BCUT2D eigenvalue weighted by Gasteiger charge is -2.37. The Morgan fingerprint density at radius 3 is 2.46 bits per heavy atom. The molecular weight excluding hydrogens is 491 g/mol. The number of carbonyl (C=O) groups is 3. The van der Waals surface area contributed by atoms with Crippen LogP contribution in [0.5, 0.6) is 0 Å². The molecule has 2 N–H and O–H groups in total. The zero-order valence-corrected chi connectivity index (χ0v) is 21.0. The number of rotatable bonds is 5. The average Bonchev–Trinajstić information content (AvgIpc) is 3.19. The van der Waals surface area contributed by atoms with E-state index in [1.54, 1.807) is 10.6 Å². The zero-order chi connectivity index (χ0) is 27.5. The Labute approximate surface area is 211 Å². The highest BCUT2D eigenvalue weighted by molar-refractivity contribution is 5.95. The minimum atomic E-state index is -5.17. The lowest BCUT2D eigenvalue weighted by Crippen LogP contribution is -2.60. The molecule has 13 heteroatoms. The van der Waals surface area contributed by atoms with E-state index in [0.717, 1.165) is 0 Å². The second-order valence-electron chi connectivity index (χ2n) is 11.2. The van der Waals surface area contributed by atoms with E-state index in [-0.39, 0.29) is 23.8 Å². The van der Waals surface area contributed by atoms with Crippen LogP contribution in [-0.4, -0.2) is 61.8 Å². The van der Waals surface area contributed by atoms with Crippen LogP contribution in [0, 0.1) is 34.0 Å². The number of nitriles is 1. The zero-order valence-electron chi connectivity index (χ0n) is 21.0. The molecule has 2 aromatic heterocycles. The molecule has 1 saturated heterocycles. The first kappa shape index (κ1) is 26.4. The van der Waals surface area contributed by atoms with Crippen LogP contribution in [0.4, 0.5) is 13.2 Å². The summed E-state index contributed by atoms with van der Waals surface area (Å²) in [4.78, 5) is 48.3. The number of nitrogens with one attached hydrogen (secondary N) is 2. The molecule has 1 aliphatic carbocycles. The normalized spacial score (nSPS) is 24.1. The summed E-state index contributed by atoms with van der Waals surface area (Å²) in [7, 11) is 0. The summed E-state index contributed by atoms with van der Waals surface area (Å²) in [6, 6.07) is -1.60. The fourth-order valence-corrected chi connectivity index (χ4v) is 5.32. The van der Waals surface area contributed by atoms with Crippen molar-refractivity contribution in [3.05, 3.63) is 30.5 Å². The Bertz CT molecular complexity index is 1290. The number of piperidine rings is 1. The van der Waals surface area contributed by atoms with Gasteiger partial charge in [0.1, 0.15) is 12.1 Å². The van der Waals surface area contributed by atoms with Gasteiger partial charge in [-0.15, -0.1) is 0 Å². The Balaban J connectivity index is 1.61. The summed E-state index contributed by atoms with van der Waals surface area (Å²) in [5, 5.41) is 14.3. The first-order valence-corrected chi connectivity index (χ1v) is 11.7. The number of likely N-dealkylation sites (tertiary alicyclic amines) is 1. The number of alkyl halides is 3. The van der Waals surface area contributed by atoms with Gasteiger partial charge in [0.25, 0.3) is 0 Å². The molecule has 2 unspecified atom stereocenters. The van der Waals surface area contributed by atoms with Crippen LogP contribution in [0.15, 0.2) is 24.8 Å². The second-order valence-corrected chi connectivity index (χ2v) is 11.2. The van der Waals surface area contributed by atoms with Crippen molar-refractivity contribution in [3.8, 4) is 6.07 Å². The first-order valence-electron chi connectivity index (χ1n) is 11.7. The van der Waals surface area contributed by atoms with Crippen LogP contribution in [0.1, 0.15) is 46.4 Å². The summed E-state index contributed by atoms with van der Waals surface area (Å²) in [6.07, 6.45) is 0.867. The SMILES string of the molecule is CC(C)(C)C(NC(=O)C(F)(F)F)C(=O)N1C[C@H]2[C@@H]([C@H]1C(=O)NC(C#N)c1cnc3cnccn13)C2(C)C. The molecule has 0 spiro atoms. The molecule has 1 aliphatic heterocycles. The van der Waals surface area contributed by atoms with Gasteiger partial charge in [0, 0.05) is 18.9 Å². The molecule has 0 radical (unpaired) electrons. The van der Waals surface area contributed by atoms with Gasteiger partial charge in [-0.3, -0.25) is 23.8 Å². The largest absolute Gasteiger partial charge is 0.471 e. The third-order valence-electron chi connectivity index (χ3n) is 7.46. The molecule has 4 rings (SSSR count). The number of fused-ring (bicyclic) bond motifs is 2. The highest BCUT2D eigenvalue weighted by atomic mass is 19.4. The van der Waals surface area contributed by atoms with Crippen molar-refractivity contribution in [3.63, 3.8) is 0 Å². The fraction of sp³-hybridized carbons (Fsp3) is 0.583. The van der Waals surface area contributed by atoms with Gasteiger partial charge in [-0.1, -0.05) is 34.6 Å². The molecule has 0 aromatic carbocycles. The second kappa shape index (κ2) is 8.71. The van der Waals surface area contributed by atoms with Gasteiger partial charge < -0.3 is 15.5 Å². The van der Waals surface area contributed by atoms with Crippen LogP contribution in [-0.2, 0) is 14.4 Å². The fourth-order valence-electron chi connectivity index (χ4n) is 5.32. The van der Waals surface area contributed by atoms with Gasteiger partial charge in [-0.2, -0.15) is 18.4 Å². The van der Waals surface area contributed by atoms with Gasteiger partial charge in [0.05, 0.1) is 24.2 Å². The van der Waals surface area contributed by atoms with E-state index in [4.69, 9.17) is 0 Å². The van der Waals surface area contributed by atoms with Crippen molar-refractivity contribution in [1.82, 2.24) is 29.9 Å². The van der Waals surface area contributed by atoms with E-state index in [9.17, 15) is 32.8 Å². The molecule has 2 aromatic rings. The quantitative estimate of drug-likeness (QED) is 0.621. The summed E-state index contributed by atoms with van der Waals surface area (Å²) in [5.41, 5.74) is -0.481. The first-order chi connectivity index (χ1) is 17.1. The number of amides is 3. The highest BCUT2D eigenvalue weighted by Gasteiger charge is 2.70. The average molecular weight is 520 g/mol. The summed E-state index contributed by atoms with van der Waals surface area (Å²) in [6.45, 7) is 8.67. The molecule has 5 atom stereocenters. The van der Waals surface area contributed by atoms with E-state index in [1.165, 1.54) is 44.3 Å². The predicted molar refractivity (Wildman–Crippen MR) is 123 cm³/mol. The summed E-state index contributed by atoms with van der Waals surface area (Å²) >= 11 is 0. The van der Waals surface area contributed by atoms with Crippen molar-refractivity contribution in [2.45, 2.75) is 58.9 Å². The molecule has 1 saturated carbocycles. The minimum absolute atomic E-state index is 0.0476. The van der Waals surface area contributed by atoms with E-state index in [0.29, 0.717) is 11.3 Å². The van der Waals surface area contributed by atoms with E-state index < -0.39 is 47.4 Å². The lowest BCUT2D eigenvalue weighted by molar-refractivity contribution is -0.176. The molecule has 2 aliphatic rings. The van der Waals surface area contributed by atoms with Crippen molar-refractivity contribution in [2.24, 2.45) is 22.7 Å². The Kier molecular flexibility index (Phi) is 6.21. The van der Waals surface area contributed by atoms with Crippen LogP contribution >= 0.6 is 0 Å². The Morgan fingerprint density at radius 1 is 1.19 bits per heavy atom. The highest BCUT2D eigenvalue weighted by Crippen LogP contribution is 2.65. The van der Waals surface area contributed by atoms with Crippen LogP contribution in [0.2, 0.25) is 0 Å². The van der Waals surface area contributed by atoms with Crippen molar-refractivity contribution < 1.29 is 27.6 Å². The summed E-state index contributed by atoms with van der Waals surface area (Å²) in [5.74, 6) is -3.90. The van der Waals surface area contributed by atoms with Crippen molar-refractivity contribution in [1.29, 1.82) is 5.26 Å². The number of aromatic nitrogens is 3. The van der Waals surface area contributed by atoms with E-state index in [2.05, 4.69) is 15.3 Å². The molecule has 3 heterocycles. The number of carbonyl (C=O) groups excluding carboxylic acids is 3. The van der Waals surface area contributed by atoms with Crippen LogP contribution < -0.4 is 10.6 Å². The van der Waals surface area contributed by atoms with Gasteiger partial charge in [-0.05, 0) is 22.7 Å². The van der Waals surface area contributed by atoms with Gasteiger partial charge in [-0.25, -0.2) is 4.98 Å². The number of hydrogen-bond donors (Lipinski definition) is 2. The number of imidazole rings is 1. The third-order valence-corrected chi connectivity index (χ3v) is 7.46. The van der Waals surface area contributed by atoms with Gasteiger partial charge in [0.15, 0.2) is 11.7 Å². The smallest absolute Gasteiger partial charge is 0.336 e.